The van der Waals surface area contributed by atoms with Crippen molar-refractivity contribution in [3.63, 3.8) is 0 Å². The van der Waals surface area contributed by atoms with Gasteiger partial charge in [-0.15, -0.1) is 0 Å². The van der Waals surface area contributed by atoms with Gasteiger partial charge in [0.2, 0.25) is 0 Å². The van der Waals surface area contributed by atoms with Crippen LogP contribution in [0.3, 0.4) is 0 Å². The maximum Gasteiger partial charge on any atom is 0.431 e. The highest BCUT2D eigenvalue weighted by atomic mass is 35.5. The molecule has 3 aromatic rings. The second-order valence-electron chi connectivity index (χ2n) is 7.91. The number of rotatable bonds is 4. The molecule has 1 aliphatic heterocycles. The summed E-state index contributed by atoms with van der Waals surface area (Å²) in [5, 5.41) is 0.447. The third kappa shape index (κ3) is 4.87. The van der Waals surface area contributed by atoms with Gasteiger partial charge in [0.25, 0.3) is 5.91 Å². The van der Waals surface area contributed by atoms with Crippen molar-refractivity contribution < 1.29 is 22.2 Å². The largest absolute Gasteiger partial charge is 0.431 e. The van der Waals surface area contributed by atoms with Crippen LogP contribution in [0.2, 0.25) is 5.02 Å². The predicted octanol–water partition coefficient (Wildman–Crippen LogP) is 5.39. The molecule has 2 heterocycles. The van der Waals surface area contributed by atoms with Crippen molar-refractivity contribution in [2.75, 3.05) is 24.6 Å². The summed E-state index contributed by atoms with van der Waals surface area (Å²) in [7, 11) is -1.02. The lowest BCUT2D eigenvalue weighted by molar-refractivity contribution is -0.143. The molecule has 2 aromatic carbocycles. The van der Waals surface area contributed by atoms with Crippen LogP contribution in [0.1, 0.15) is 27.3 Å². The Labute approximate surface area is 197 Å². The van der Waals surface area contributed by atoms with Gasteiger partial charge in [0.05, 0.1) is 0 Å². The van der Waals surface area contributed by atoms with Crippen LogP contribution in [0.5, 0.6) is 0 Å². The van der Waals surface area contributed by atoms with Crippen molar-refractivity contribution >= 4 is 28.3 Å². The van der Waals surface area contributed by atoms with Gasteiger partial charge in [-0.1, -0.05) is 54.1 Å². The maximum atomic E-state index is 14.3. The van der Waals surface area contributed by atoms with E-state index in [1.807, 2.05) is 0 Å². The zero-order chi connectivity index (χ0) is 23.8. The second-order valence-corrected chi connectivity index (χ2v) is 10.0. The quantitative estimate of drug-likeness (QED) is 0.488. The Bertz CT molecular complexity index is 1180. The van der Waals surface area contributed by atoms with E-state index in [1.165, 1.54) is 11.8 Å². The van der Waals surface area contributed by atoms with E-state index in [1.54, 1.807) is 54.6 Å². The molecule has 1 fully saturated rings. The molecule has 0 saturated carbocycles. The van der Waals surface area contributed by atoms with E-state index in [4.69, 9.17) is 11.6 Å². The van der Waals surface area contributed by atoms with Crippen LogP contribution in [-0.2, 0) is 23.5 Å². The van der Waals surface area contributed by atoms with Gasteiger partial charge in [0, 0.05) is 52.5 Å². The normalized spacial score (nSPS) is 15.1. The summed E-state index contributed by atoms with van der Waals surface area (Å²) >= 11 is 6.00. The minimum Gasteiger partial charge on any atom is -0.336 e. The molecule has 9 heteroatoms. The van der Waals surface area contributed by atoms with Gasteiger partial charge in [-0.05, 0) is 35.7 Å². The Morgan fingerprint density at radius 3 is 2.21 bits per heavy atom. The van der Waals surface area contributed by atoms with Crippen LogP contribution >= 0.6 is 11.6 Å². The van der Waals surface area contributed by atoms with Crippen LogP contribution in [0.25, 0.3) is 11.1 Å². The van der Waals surface area contributed by atoms with E-state index in [0.717, 1.165) is 4.57 Å². The number of carbonyl (C=O) groups is 1. The summed E-state index contributed by atoms with van der Waals surface area (Å²) in [6.45, 7) is 1.77. The molecule has 1 saturated heterocycles. The smallest absolute Gasteiger partial charge is 0.336 e. The highest BCUT2D eigenvalue weighted by Gasteiger charge is 2.42. The number of hydrogen-bond donors (Lipinski definition) is 0. The van der Waals surface area contributed by atoms with Gasteiger partial charge in [-0.25, -0.2) is 0 Å². The van der Waals surface area contributed by atoms with Crippen molar-refractivity contribution in [1.29, 1.82) is 0 Å². The molecule has 1 aliphatic rings. The van der Waals surface area contributed by atoms with E-state index in [0.29, 0.717) is 27.7 Å². The first-order valence-corrected chi connectivity index (χ1v) is 12.3. The van der Waals surface area contributed by atoms with Gasteiger partial charge < -0.3 is 9.47 Å². The van der Waals surface area contributed by atoms with E-state index in [9.17, 15) is 22.2 Å². The van der Waals surface area contributed by atoms with Crippen molar-refractivity contribution in [3.05, 3.63) is 82.1 Å². The molecule has 1 aromatic heterocycles. The van der Waals surface area contributed by atoms with Crippen LogP contribution in [0, 0.1) is 6.92 Å². The topological polar surface area (TPSA) is 42.3 Å². The minimum atomic E-state index is -4.66. The molecule has 0 radical (unpaired) electrons. The third-order valence-electron chi connectivity index (χ3n) is 5.76. The van der Waals surface area contributed by atoms with E-state index in [2.05, 4.69) is 0 Å². The van der Waals surface area contributed by atoms with Crippen molar-refractivity contribution in [1.82, 2.24) is 9.47 Å². The Kier molecular flexibility index (Phi) is 6.68. The molecule has 0 spiro atoms. The SMILES string of the molecule is Cc1c(-c2ccc(Cl)cc2)c(C(=O)N2CCS(=O)CC2)n(Cc2ccccc2)c1C(F)(F)F. The van der Waals surface area contributed by atoms with Crippen molar-refractivity contribution in [3.8, 4) is 11.1 Å². The molecule has 174 valence electrons. The Morgan fingerprint density at radius 2 is 1.64 bits per heavy atom. The van der Waals surface area contributed by atoms with Crippen LogP contribution in [-0.4, -0.2) is 44.2 Å². The number of carbonyl (C=O) groups excluding carboxylic acids is 1. The van der Waals surface area contributed by atoms with Crippen molar-refractivity contribution in [2.45, 2.75) is 19.6 Å². The number of aromatic nitrogens is 1. The molecular weight excluding hydrogens is 473 g/mol. The van der Waals surface area contributed by atoms with Crippen LogP contribution in [0.15, 0.2) is 54.6 Å². The first kappa shape index (κ1) is 23.6. The summed E-state index contributed by atoms with van der Waals surface area (Å²) < 4.78 is 55.9. The first-order valence-electron chi connectivity index (χ1n) is 10.4. The summed E-state index contributed by atoms with van der Waals surface area (Å²) in [5.74, 6) is 0.130. The van der Waals surface area contributed by atoms with Crippen LogP contribution in [0.4, 0.5) is 13.2 Å². The second kappa shape index (κ2) is 9.35. The monoisotopic (exact) mass is 494 g/mol. The molecule has 0 unspecified atom stereocenters. The average Bonchev–Trinajstić information content (AvgIpc) is 3.07. The maximum absolute atomic E-state index is 14.3. The summed E-state index contributed by atoms with van der Waals surface area (Å²) in [4.78, 5) is 15.2. The number of hydrogen-bond acceptors (Lipinski definition) is 2. The fraction of sp³-hybridized carbons (Fsp3) is 0.292. The number of halogens is 4. The molecular formula is C24H22ClF3N2O2S. The fourth-order valence-electron chi connectivity index (χ4n) is 4.22. The number of nitrogens with zero attached hydrogens (tertiary/aromatic N) is 2. The Hall–Kier alpha value is -2.58. The van der Waals surface area contributed by atoms with E-state index < -0.39 is 28.6 Å². The Balaban J connectivity index is 1.95. The standard InChI is InChI=1S/C24H22ClF3N2O2S/c1-16-20(18-7-9-19(25)10-8-18)21(23(31)29-11-13-33(32)14-12-29)30(22(16)24(26,27)28)15-17-5-3-2-4-6-17/h2-10H,11-15H2,1H3. The third-order valence-corrected chi connectivity index (χ3v) is 7.29. The van der Waals surface area contributed by atoms with E-state index >= 15 is 0 Å². The molecule has 0 N–H and O–H groups in total. The molecule has 0 atom stereocenters. The predicted molar refractivity (Wildman–Crippen MR) is 124 cm³/mol. The molecule has 4 rings (SSSR count). The lowest BCUT2D eigenvalue weighted by Gasteiger charge is -2.27. The zero-order valence-corrected chi connectivity index (χ0v) is 19.4. The lowest BCUT2D eigenvalue weighted by Crippen LogP contribution is -2.42. The van der Waals surface area contributed by atoms with Crippen molar-refractivity contribution in [2.24, 2.45) is 0 Å². The molecule has 33 heavy (non-hydrogen) atoms. The molecule has 0 aliphatic carbocycles. The molecule has 0 bridgehead atoms. The number of alkyl halides is 3. The molecule has 4 nitrogen and oxygen atoms in total. The van der Waals surface area contributed by atoms with Gasteiger partial charge in [0.15, 0.2) is 0 Å². The highest BCUT2D eigenvalue weighted by molar-refractivity contribution is 7.85. The fourth-order valence-corrected chi connectivity index (χ4v) is 5.40. The number of amides is 1. The van der Waals surface area contributed by atoms with E-state index in [-0.39, 0.29) is 36.5 Å². The zero-order valence-electron chi connectivity index (χ0n) is 17.9. The van der Waals surface area contributed by atoms with Gasteiger partial charge >= 0.3 is 6.18 Å². The number of benzene rings is 2. The first-order chi connectivity index (χ1) is 15.7. The lowest BCUT2D eigenvalue weighted by atomic mass is 10.00. The summed E-state index contributed by atoms with van der Waals surface area (Å²) in [6.07, 6.45) is -4.66. The molecule has 1 amide bonds. The van der Waals surface area contributed by atoms with Gasteiger partial charge in [0.1, 0.15) is 11.4 Å². The van der Waals surface area contributed by atoms with Gasteiger partial charge in [-0.3, -0.25) is 9.00 Å². The Morgan fingerprint density at radius 1 is 1.03 bits per heavy atom. The minimum absolute atomic E-state index is 0.00955. The average molecular weight is 495 g/mol. The highest BCUT2D eigenvalue weighted by Crippen LogP contribution is 2.42. The summed E-state index contributed by atoms with van der Waals surface area (Å²) in [6, 6.07) is 15.2. The summed E-state index contributed by atoms with van der Waals surface area (Å²) in [5.41, 5.74) is 0.503. The van der Waals surface area contributed by atoms with Crippen LogP contribution < -0.4 is 0 Å². The van der Waals surface area contributed by atoms with Gasteiger partial charge in [-0.2, -0.15) is 13.2 Å².